The van der Waals surface area contributed by atoms with Gasteiger partial charge in [-0.15, -0.1) is 0 Å². The Morgan fingerprint density at radius 1 is 0.923 bits per heavy atom. The van der Waals surface area contributed by atoms with E-state index in [0.717, 1.165) is 0 Å². The summed E-state index contributed by atoms with van der Waals surface area (Å²) in [5, 5.41) is 7.84. The molecule has 8 heteroatoms. The predicted octanol–water partition coefficient (Wildman–Crippen LogP) is 2.03. The van der Waals surface area contributed by atoms with Gasteiger partial charge in [0.1, 0.15) is 0 Å². The molecule has 26 heavy (non-hydrogen) atoms. The first kappa shape index (κ1) is 19.6. The molecule has 0 bridgehead atoms. The second-order valence-corrected chi connectivity index (χ2v) is 5.51. The van der Waals surface area contributed by atoms with Crippen molar-refractivity contribution in [2.75, 3.05) is 19.8 Å². The zero-order chi connectivity index (χ0) is 19.2. The van der Waals surface area contributed by atoms with Gasteiger partial charge in [-0.1, -0.05) is 30.3 Å². The van der Waals surface area contributed by atoms with Crippen molar-refractivity contribution >= 4 is 17.9 Å². The Hall–Kier alpha value is -2.77. The normalized spacial score (nSPS) is 20.4. The molecule has 0 saturated carbocycles. The highest BCUT2D eigenvalue weighted by Crippen LogP contribution is 2.44. The van der Waals surface area contributed by atoms with Crippen LogP contribution in [-0.2, 0) is 28.6 Å². The highest BCUT2D eigenvalue weighted by atomic mass is 16.6. The van der Waals surface area contributed by atoms with Crippen LogP contribution >= 0.6 is 0 Å². The molecule has 0 N–H and O–H groups in total. The lowest BCUT2D eigenvalue weighted by atomic mass is 9.76. The molecule has 0 saturated heterocycles. The number of hydrogen-bond donors (Lipinski definition) is 0. The van der Waals surface area contributed by atoms with Gasteiger partial charge in [0.2, 0.25) is 0 Å². The number of carbonyl (C=O) groups excluding carboxylic acids is 3. The molecule has 0 spiro atoms. The lowest BCUT2D eigenvalue weighted by Crippen LogP contribution is -2.53. The van der Waals surface area contributed by atoms with E-state index < -0.39 is 35.4 Å². The predicted molar refractivity (Wildman–Crippen MR) is 90.5 cm³/mol. The Morgan fingerprint density at radius 3 is 1.96 bits per heavy atom. The van der Waals surface area contributed by atoms with Gasteiger partial charge < -0.3 is 14.2 Å². The van der Waals surface area contributed by atoms with E-state index >= 15 is 0 Å². The van der Waals surface area contributed by atoms with Gasteiger partial charge >= 0.3 is 17.9 Å². The summed E-state index contributed by atoms with van der Waals surface area (Å²) in [6, 6.07) is 7.49. The zero-order valence-corrected chi connectivity index (χ0v) is 15.0. The average Bonchev–Trinajstić information content (AvgIpc) is 3.05. The highest BCUT2D eigenvalue weighted by Gasteiger charge is 2.64. The van der Waals surface area contributed by atoms with E-state index in [1.165, 1.54) is 0 Å². The van der Waals surface area contributed by atoms with Crippen LogP contribution in [0.5, 0.6) is 0 Å². The van der Waals surface area contributed by atoms with E-state index in [1.54, 1.807) is 51.1 Å². The first-order valence-electron chi connectivity index (χ1n) is 8.50. The molecule has 1 heterocycles. The van der Waals surface area contributed by atoms with Gasteiger partial charge in [0.15, 0.2) is 6.04 Å². The molecule has 2 rings (SSSR count). The molecule has 0 aliphatic carbocycles. The Kier molecular flexibility index (Phi) is 6.43. The molecule has 140 valence electrons. The van der Waals surface area contributed by atoms with Crippen LogP contribution in [0.2, 0.25) is 0 Å². The van der Waals surface area contributed by atoms with Crippen LogP contribution in [0.1, 0.15) is 32.3 Å². The number of azo groups is 1. The van der Waals surface area contributed by atoms with Crippen molar-refractivity contribution in [3.8, 4) is 0 Å². The summed E-state index contributed by atoms with van der Waals surface area (Å²) in [7, 11) is 0. The first-order valence-corrected chi connectivity index (χ1v) is 8.50. The third kappa shape index (κ3) is 3.44. The summed E-state index contributed by atoms with van der Waals surface area (Å²) in [6.45, 7) is 5.11. The number of benzene rings is 1. The lowest BCUT2D eigenvalue weighted by Gasteiger charge is -2.29. The molecule has 0 aromatic heterocycles. The summed E-state index contributed by atoms with van der Waals surface area (Å²) < 4.78 is 15.2. The molecule has 1 aromatic rings. The molecular weight excluding hydrogens is 340 g/mol. The number of hydrogen-bond acceptors (Lipinski definition) is 8. The summed E-state index contributed by atoms with van der Waals surface area (Å²) in [6.07, 6.45) is 0. The van der Waals surface area contributed by atoms with Crippen LogP contribution in [0.25, 0.3) is 0 Å². The minimum Gasteiger partial charge on any atom is -0.464 e. The third-order valence-electron chi connectivity index (χ3n) is 3.97. The Bertz CT molecular complexity index is 670. The van der Waals surface area contributed by atoms with Crippen molar-refractivity contribution in [3.63, 3.8) is 0 Å². The fourth-order valence-corrected chi connectivity index (χ4v) is 2.91. The first-order chi connectivity index (χ1) is 12.5. The van der Waals surface area contributed by atoms with E-state index in [2.05, 4.69) is 10.2 Å². The van der Waals surface area contributed by atoms with Crippen molar-refractivity contribution in [1.82, 2.24) is 0 Å². The number of nitrogens with zero attached hydrogens (tertiary/aromatic N) is 2. The smallest absolute Gasteiger partial charge is 0.348 e. The molecule has 8 nitrogen and oxygen atoms in total. The van der Waals surface area contributed by atoms with Crippen LogP contribution in [0.15, 0.2) is 40.6 Å². The fraction of sp³-hybridized carbons (Fsp3) is 0.500. The topological polar surface area (TPSA) is 104 Å². The number of rotatable bonds is 7. The number of ether oxygens (including phenoxy) is 3. The van der Waals surface area contributed by atoms with Gasteiger partial charge in [-0.2, -0.15) is 10.2 Å². The second kappa shape index (κ2) is 8.55. The van der Waals surface area contributed by atoms with Crippen molar-refractivity contribution in [2.45, 2.75) is 38.3 Å². The number of esters is 3. The SMILES string of the molecule is CCOC(=O)C1N=NC(C(=O)OCC)(C(=O)OCC)C1c1ccccc1. The van der Waals surface area contributed by atoms with Crippen molar-refractivity contribution in [1.29, 1.82) is 0 Å². The van der Waals surface area contributed by atoms with E-state index in [0.29, 0.717) is 5.56 Å². The lowest BCUT2D eigenvalue weighted by molar-refractivity contribution is -0.165. The molecule has 2 atom stereocenters. The molecule has 1 aliphatic heterocycles. The van der Waals surface area contributed by atoms with Gasteiger partial charge in [-0.05, 0) is 26.3 Å². The van der Waals surface area contributed by atoms with E-state index in [-0.39, 0.29) is 19.8 Å². The van der Waals surface area contributed by atoms with Gasteiger partial charge in [0.25, 0.3) is 5.54 Å². The Labute approximate surface area is 151 Å². The summed E-state index contributed by atoms with van der Waals surface area (Å²) in [5.74, 6) is -3.48. The maximum atomic E-state index is 12.8. The van der Waals surface area contributed by atoms with E-state index in [4.69, 9.17) is 14.2 Å². The summed E-state index contributed by atoms with van der Waals surface area (Å²) in [5.41, 5.74) is -1.54. The molecular formula is C18H22N2O6. The molecule has 0 fully saturated rings. The minimum absolute atomic E-state index is 0.0427. The van der Waals surface area contributed by atoms with Gasteiger partial charge in [-0.3, -0.25) is 0 Å². The zero-order valence-electron chi connectivity index (χ0n) is 15.0. The molecule has 1 aliphatic rings. The largest absolute Gasteiger partial charge is 0.464 e. The quantitative estimate of drug-likeness (QED) is 0.418. The maximum Gasteiger partial charge on any atom is 0.348 e. The van der Waals surface area contributed by atoms with Crippen molar-refractivity contribution in [2.24, 2.45) is 10.2 Å². The molecule has 2 unspecified atom stereocenters. The van der Waals surface area contributed by atoms with Crippen LogP contribution in [-0.4, -0.2) is 49.3 Å². The number of carbonyl (C=O) groups is 3. The van der Waals surface area contributed by atoms with Crippen molar-refractivity contribution < 1.29 is 28.6 Å². The maximum absolute atomic E-state index is 12.8. The summed E-state index contributed by atoms with van der Waals surface area (Å²) >= 11 is 0. The fourth-order valence-electron chi connectivity index (χ4n) is 2.91. The average molecular weight is 362 g/mol. The van der Waals surface area contributed by atoms with Crippen molar-refractivity contribution in [3.05, 3.63) is 35.9 Å². The monoisotopic (exact) mass is 362 g/mol. The van der Waals surface area contributed by atoms with Crippen LogP contribution in [0.4, 0.5) is 0 Å². The minimum atomic E-state index is -2.08. The molecule has 0 amide bonds. The highest BCUT2D eigenvalue weighted by molar-refractivity contribution is 6.08. The van der Waals surface area contributed by atoms with E-state index in [9.17, 15) is 14.4 Å². The van der Waals surface area contributed by atoms with Gasteiger partial charge in [0, 0.05) is 0 Å². The standard InChI is InChI=1S/C18H22N2O6/c1-4-24-15(21)14-13(12-10-8-7-9-11-12)18(20-19-14,16(22)25-5-2)17(23)26-6-3/h7-11,13-14H,4-6H2,1-3H3. The van der Waals surface area contributed by atoms with E-state index in [1.807, 2.05) is 0 Å². The van der Waals surface area contributed by atoms with Crippen LogP contribution in [0.3, 0.4) is 0 Å². The third-order valence-corrected chi connectivity index (χ3v) is 3.97. The second-order valence-electron chi connectivity index (χ2n) is 5.51. The van der Waals surface area contributed by atoms with Crippen LogP contribution in [0, 0.1) is 0 Å². The Morgan fingerprint density at radius 2 is 1.46 bits per heavy atom. The molecule has 1 aromatic carbocycles. The molecule has 0 radical (unpaired) electrons. The Balaban J connectivity index is 2.59. The van der Waals surface area contributed by atoms with Crippen LogP contribution < -0.4 is 0 Å². The van der Waals surface area contributed by atoms with Gasteiger partial charge in [0.05, 0.1) is 25.7 Å². The summed E-state index contributed by atoms with van der Waals surface area (Å²) in [4.78, 5) is 37.9. The van der Waals surface area contributed by atoms with Gasteiger partial charge in [-0.25, -0.2) is 14.4 Å².